The molecule has 4 nitrogen and oxygen atoms in total. The Morgan fingerprint density at radius 3 is 2.70 bits per heavy atom. The molecule has 2 N–H and O–H groups in total. The largest absolute Gasteiger partial charge is 0.358 e. The van der Waals surface area contributed by atoms with E-state index in [0.29, 0.717) is 11.5 Å². The molecule has 2 heterocycles. The third kappa shape index (κ3) is 3.39. The molecule has 5 rings (SSSR count). The molecule has 30 heavy (non-hydrogen) atoms. The monoisotopic (exact) mass is 395 g/mol. The van der Waals surface area contributed by atoms with Gasteiger partial charge in [0.15, 0.2) is 0 Å². The highest BCUT2D eigenvalue weighted by Gasteiger charge is 2.24. The molecule has 0 radical (unpaired) electrons. The Labute approximate surface area is 176 Å². The summed E-state index contributed by atoms with van der Waals surface area (Å²) in [6.45, 7) is 2.30. The number of fused-ring (bicyclic) bond motifs is 3. The zero-order valence-electron chi connectivity index (χ0n) is 17.1. The van der Waals surface area contributed by atoms with Gasteiger partial charge in [-0.05, 0) is 54.5 Å². The first-order chi connectivity index (χ1) is 14.7. The van der Waals surface area contributed by atoms with Crippen LogP contribution in [-0.4, -0.2) is 15.9 Å². The van der Waals surface area contributed by atoms with Crippen molar-refractivity contribution >= 4 is 16.8 Å². The molecule has 1 aliphatic rings. The minimum absolute atomic E-state index is 0.0910. The van der Waals surface area contributed by atoms with Crippen LogP contribution in [0, 0.1) is 5.92 Å². The number of carbonyl (C=O) groups is 1. The van der Waals surface area contributed by atoms with Crippen molar-refractivity contribution in [1.82, 2.24) is 15.3 Å². The highest BCUT2D eigenvalue weighted by molar-refractivity contribution is 6.07. The number of hydrogen-bond donors (Lipinski definition) is 2. The topological polar surface area (TPSA) is 57.8 Å². The fourth-order valence-electron chi connectivity index (χ4n) is 4.53. The molecule has 0 fully saturated rings. The number of nitrogens with zero attached hydrogens (tertiary/aromatic N) is 1. The van der Waals surface area contributed by atoms with Gasteiger partial charge in [-0.1, -0.05) is 55.5 Å². The second-order valence-corrected chi connectivity index (χ2v) is 8.23. The lowest BCUT2D eigenvalue weighted by Gasteiger charge is -2.19. The van der Waals surface area contributed by atoms with E-state index in [0.717, 1.165) is 29.6 Å². The van der Waals surface area contributed by atoms with Crippen LogP contribution in [-0.2, 0) is 12.8 Å². The Balaban J connectivity index is 1.53. The summed E-state index contributed by atoms with van der Waals surface area (Å²) in [4.78, 5) is 21.5. The molecule has 1 aliphatic carbocycles. The standard InChI is InChI=1S/C26H25N3O/c1-17-13-14-22-21(16-17)19-10-7-11-20(25(19)28-22)26(30)29-24(18-8-3-2-4-9-18)23-12-5-6-15-27-23/h2-12,15,17,24,28H,13-14,16H2,1H3,(H,29,30). The van der Waals surface area contributed by atoms with Gasteiger partial charge in [-0.25, -0.2) is 0 Å². The van der Waals surface area contributed by atoms with Crippen LogP contribution in [0.25, 0.3) is 10.9 Å². The van der Waals surface area contributed by atoms with Gasteiger partial charge in [0.05, 0.1) is 22.8 Å². The number of pyridine rings is 1. The highest BCUT2D eigenvalue weighted by Crippen LogP contribution is 2.33. The van der Waals surface area contributed by atoms with Crippen LogP contribution in [0.15, 0.2) is 72.9 Å². The summed E-state index contributed by atoms with van der Waals surface area (Å²) < 4.78 is 0. The lowest BCUT2D eigenvalue weighted by Crippen LogP contribution is -2.30. The third-order valence-electron chi connectivity index (χ3n) is 6.11. The van der Waals surface area contributed by atoms with Crippen LogP contribution in [0.4, 0.5) is 0 Å². The number of nitrogens with one attached hydrogen (secondary N) is 2. The van der Waals surface area contributed by atoms with Crippen molar-refractivity contribution in [2.45, 2.75) is 32.2 Å². The molecular weight excluding hydrogens is 370 g/mol. The second-order valence-electron chi connectivity index (χ2n) is 8.23. The summed E-state index contributed by atoms with van der Waals surface area (Å²) in [6.07, 6.45) is 5.07. The number of aryl methyl sites for hydroxylation is 1. The maximum atomic E-state index is 13.4. The van der Waals surface area contributed by atoms with E-state index in [4.69, 9.17) is 0 Å². The van der Waals surface area contributed by atoms with Gasteiger partial charge in [0.25, 0.3) is 5.91 Å². The van der Waals surface area contributed by atoms with Crippen molar-refractivity contribution < 1.29 is 4.79 Å². The van der Waals surface area contributed by atoms with Crippen LogP contribution in [0.3, 0.4) is 0 Å². The van der Waals surface area contributed by atoms with Crippen molar-refractivity contribution in [1.29, 1.82) is 0 Å². The van der Waals surface area contributed by atoms with Gasteiger partial charge in [0, 0.05) is 17.3 Å². The Morgan fingerprint density at radius 1 is 1.07 bits per heavy atom. The van der Waals surface area contributed by atoms with E-state index in [-0.39, 0.29) is 11.9 Å². The summed E-state index contributed by atoms with van der Waals surface area (Å²) in [5.74, 6) is 0.590. The van der Waals surface area contributed by atoms with Crippen molar-refractivity contribution in [3.05, 3.63) is 101 Å². The Hall–Kier alpha value is -3.40. The lowest BCUT2D eigenvalue weighted by molar-refractivity contribution is 0.0944. The first-order valence-corrected chi connectivity index (χ1v) is 10.6. The van der Waals surface area contributed by atoms with Crippen LogP contribution in [0.1, 0.15) is 52.3 Å². The molecule has 0 aliphatic heterocycles. The SMILES string of the molecule is CC1CCc2[nH]c3c(C(=O)NC(c4ccccc4)c4ccccn4)cccc3c2C1. The van der Waals surface area contributed by atoms with Crippen molar-refractivity contribution in [2.24, 2.45) is 5.92 Å². The van der Waals surface area contributed by atoms with Crippen LogP contribution in [0.5, 0.6) is 0 Å². The van der Waals surface area contributed by atoms with Gasteiger partial charge in [-0.2, -0.15) is 0 Å². The number of aromatic amines is 1. The Kier molecular flexibility index (Phi) is 4.83. The van der Waals surface area contributed by atoms with Gasteiger partial charge in [-0.15, -0.1) is 0 Å². The maximum Gasteiger partial charge on any atom is 0.254 e. The zero-order valence-corrected chi connectivity index (χ0v) is 17.1. The second kappa shape index (κ2) is 7.79. The summed E-state index contributed by atoms with van der Waals surface area (Å²) in [7, 11) is 0. The number of H-pyrrole nitrogens is 1. The van der Waals surface area contributed by atoms with Gasteiger partial charge in [-0.3, -0.25) is 9.78 Å². The minimum atomic E-state index is -0.306. The quantitative estimate of drug-likeness (QED) is 0.498. The van der Waals surface area contributed by atoms with E-state index < -0.39 is 0 Å². The lowest BCUT2D eigenvalue weighted by atomic mass is 9.87. The number of amides is 1. The molecule has 4 aromatic rings. The minimum Gasteiger partial charge on any atom is -0.358 e. The number of para-hydroxylation sites is 1. The summed E-state index contributed by atoms with van der Waals surface area (Å²) in [5.41, 5.74) is 6.13. The molecule has 0 saturated heterocycles. The average Bonchev–Trinajstić information content (AvgIpc) is 3.16. The fraction of sp³-hybridized carbons (Fsp3) is 0.231. The van der Waals surface area contributed by atoms with Gasteiger partial charge in [0.2, 0.25) is 0 Å². The van der Waals surface area contributed by atoms with E-state index in [1.165, 1.54) is 23.1 Å². The van der Waals surface area contributed by atoms with E-state index in [1.54, 1.807) is 6.20 Å². The Morgan fingerprint density at radius 2 is 1.90 bits per heavy atom. The summed E-state index contributed by atoms with van der Waals surface area (Å²) in [5, 5.41) is 4.40. The first kappa shape index (κ1) is 18.6. The number of aromatic nitrogens is 2. The Bertz CT molecular complexity index is 1140. The fourth-order valence-corrected chi connectivity index (χ4v) is 4.53. The van der Waals surface area contributed by atoms with E-state index in [1.807, 2.05) is 60.7 Å². The number of rotatable bonds is 4. The van der Waals surface area contributed by atoms with Crippen LogP contribution in [0.2, 0.25) is 0 Å². The number of hydrogen-bond acceptors (Lipinski definition) is 2. The first-order valence-electron chi connectivity index (χ1n) is 10.6. The molecule has 1 amide bonds. The predicted molar refractivity (Wildman–Crippen MR) is 119 cm³/mol. The van der Waals surface area contributed by atoms with E-state index >= 15 is 0 Å². The van der Waals surface area contributed by atoms with Crippen LogP contribution < -0.4 is 5.32 Å². The molecular formula is C26H25N3O. The summed E-state index contributed by atoms with van der Waals surface area (Å²) >= 11 is 0. The summed E-state index contributed by atoms with van der Waals surface area (Å²) in [6, 6.07) is 21.5. The molecule has 4 heteroatoms. The van der Waals surface area contributed by atoms with E-state index in [9.17, 15) is 4.79 Å². The third-order valence-corrected chi connectivity index (χ3v) is 6.11. The molecule has 0 bridgehead atoms. The average molecular weight is 396 g/mol. The molecule has 2 aromatic carbocycles. The zero-order chi connectivity index (χ0) is 20.5. The van der Waals surface area contributed by atoms with Crippen molar-refractivity contribution in [3.63, 3.8) is 0 Å². The maximum absolute atomic E-state index is 13.4. The van der Waals surface area contributed by atoms with Crippen molar-refractivity contribution in [3.8, 4) is 0 Å². The molecule has 2 atom stereocenters. The van der Waals surface area contributed by atoms with Crippen molar-refractivity contribution in [2.75, 3.05) is 0 Å². The molecule has 150 valence electrons. The van der Waals surface area contributed by atoms with Gasteiger partial charge < -0.3 is 10.3 Å². The molecule has 2 unspecified atom stereocenters. The molecule has 0 saturated carbocycles. The van der Waals surface area contributed by atoms with Gasteiger partial charge >= 0.3 is 0 Å². The normalized spacial score (nSPS) is 16.8. The molecule has 2 aromatic heterocycles. The molecule has 0 spiro atoms. The van der Waals surface area contributed by atoms with E-state index in [2.05, 4.69) is 28.3 Å². The number of benzene rings is 2. The highest BCUT2D eigenvalue weighted by atomic mass is 16.1. The van der Waals surface area contributed by atoms with Crippen LogP contribution >= 0.6 is 0 Å². The van der Waals surface area contributed by atoms with Gasteiger partial charge in [0.1, 0.15) is 0 Å². The predicted octanol–water partition coefficient (Wildman–Crippen LogP) is 5.21. The smallest absolute Gasteiger partial charge is 0.254 e. The number of carbonyl (C=O) groups excluding carboxylic acids is 1.